The molecule has 28 heavy (non-hydrogen) atoms. The van der Waals surface area contributed by atoms with Gasteiger partial charge in [0.15, 0.2) is 0 Å². The van der Waals surface area contributed by atoms with E-state index in [9.17, 15) is 4.79 Å². The molecule has 9 heteroatoms. The number of amides is 1. The summed E-state index contributed by atoms with van der Waals surface area (Å²) >= 11 is 0. The molecule has 4 rings (SSSR count). The van der Waals surface area contributed by atoms with Gasteiger partial charge in [0.05, 0.1) is 11.7 Å². The van der Waals surface area contributed by atoms with Gasteiger partial charge in [-0.2, -0.15) is 9.90 Å². The molecule has 1 atom stereocenters. The normalized spacial score (nSPS) is 11.9. The second-order valence-electron chi connectivity index (χ2n) is 6.23. The van der Waals surface area contributed by atoms with Gasteiger partial charge in [-0.05, 0) is 29.8 Å². The van der Waals surface area contributed by atoms with Gasteiger partial charge in [-0.1, -0.05) is 42.5 Å². The summed E-state index contributed by atoms with van der Waals surface area (Å²) in [6.45, 7) is 1.92. The van der Waals surface area contributed by atoms with Crippen molar-refractivity contribution in [2.75, 3.05) is 0 Å². The number of nitrogens with one attached hydrogen (secondary N) is 1. The molecule has 4 aromatic rings. The van der Waals surface area contributed by atoms with E-state index in [1.54, 1.807) is 11.0 Å². The zero-order valence-corrected chi connectivity index (χ0v) is 15.2. The van der Waals surface area contributed by atoms with Crippen molar-refractivity contribution in [2.24, 2.45) is 0 Å². The van der Waals surface area contributed by atoms with Crippen molar-refractivity contribution >= 4 is 5.91 Å². The maximum Gasteiger partial charge on any atom is 0.244 e. The average molecular weight is 374 g/mol. The minimum absolute atomic E-state index is 0.00120. The minimum Gasteiger partial charge on any atom is -0.348 e. The lowest BCUT2D eigenvalue weighted by molar-refractivity contribution is -0.122. The van der Waals surface area contributed by atoms with Crippen molar-refractivity contribution in [3.8, 4) is 17.1 Å². The van der Waals surface area contributed by atoms with E-state index in [-0.39, 0.29) is 18.5 Å². The van der Waals surface area contributed by atoms with Crippen molar-refractivity contribution in [3.05, 3.63) is 72.8 Å². The Morgan fingerprint density at radius 3 is 2.61 bits per heavy atom. The third kappa shape index (κ3) is 3.93. The molecule has 0 aliphatic heterocycles. The van der Waals surface area contributed by atoms with Crippen LogP contribution in [0.2, 0.25) is 0 Å². The highest BCUT2D eigenvalue weighted by Gasteiger charge is 2.13. The molecule has 2 aromatic heterocycles. The van der Waals surface area contributed by atoms with E-state index in [1.165, 1.54) is 11.1 Å². The van der Waals surface area contributed by atoms with Gasteiger partial charge in [-0.25, -0.2) is 9.67 Å². The van der Waals surface area contributed by atoms with Crippen molar-refractivity contribution in [3.63, 3.8) is 0 Å². The Labute approximate surface area is 161 Å². The second-order valence-corrected chi connectivity index (χ2v) is 6.23. The summed E-state index contributed by atoms with van der Waals surface area (Å²) in [6, 6.07) is 17.1. The van der Waals surface area contributed by atoms with E-state index < -0.39 is 0 Å². The number of nitrogens with zero attached hydrogens (tertiary/aromatic N) is 7. The lowest BCUT2D eigenvalue weighted by Crippen LogP contribution is -2.30. The number of rotatable bonds is 6. The molecule has 2 heterocycles. The number of carbonyl (C=O) groups is 1. The molecule has 9 nitrogen and oxygen atoms in total. The summed E-state index contributed by atoms with van der Waals surface area (Å²) < 4.78 is 1.67. The highest BCUT2D eigenvalue weighted by Crippen LogP contribution is 2.15. The molecule has 0 radical (unpaired) electrons. The Kier molecular flexibility index (Phi) is 4.87. The van der Waals surface area contributed by atoms with Crippen LogP contribution in [0.1, 0.15) is 18.5 Å². The molecule has 1 unspecified atom stereocenters. The molecule has 0 spiro atoms. The SMILES string of the molecule is CC(NC(=O)Cn1nnc(-c2ccccc2)n1)c1ccc(-n2cncn2)cc1. The lowest BCUT2D eigenvalue weighted by Gasteiger charge is -2.14. The van der Waals surface area contributed by atoms with Gasteiger partial charge in [0.1, 0.15) is 19.2 Å². The van der Waals surface area contributed by atoms with Gasteiger partial charge in [-0.3, -0.25) is 4.79 Å². The van der Waals surface area contributed by atoms with Crippen molar-refractivity contribution in [1.29, 1.82) is 0 Å². The largest absolute Gasteiger partial charge is 0.348 e. The smallest absolute Gasteiger partial charge is 0.244 e. The summed E-state index contributed by atoms with van der Waals surface area (Å²) in [4.78, 5) is 17.6. The van der Waals surface area contributed by atoms with E-state index in [0.717, 1.165) is 16.8 Å². The van der Waals surface area contributed by atoms with Gasteiger partial charge >= 0.3 is 0 Å². The van der Waals surface area contributed by atoms with Gasteiger partial charge in [0.2, 0.25) is 11.7 Å². The summed E-state index contributed by atoms with van der Waals surface area (Å²) in [5, 5.41) is 19.2. The molecule has 2 aromatic carbocycles. The second kappa shape index (κ2) is 7.78. The first-order valence-corrected chi connectivity index (χ1v) is 8.76. The fraction of sp³-hybridized carbons (Fsp3) is 0.158. The zero-order valence-electron chi connectivity index (χ0n) is 15.2. The van der Waals surface area contributed by atoms with Crippen LogP contribution in [0.4, 0.5) is 0 Å². The van der Waals surface area contributed by atoms with Crippen LogP contribution in [-0.2, 0) is 11.3 Å². The van der Waals surface area contributed by atoms with Crippen LogP contribution in [-0.4, -0.2) is 40.9 Å². The van der Waals surface area contributed by atoms with E-state index in [2.05, 4.69) is 30.8 Å². The van der Waals surface area contributed by atoms with Crippen LogP contribution in [0.5, 0.6) is 0 Å². The number of benzene rings is 2. The first-order valence-electron chi connectivity index (χ1n) is 8.76. The molecular weight excluding hydrogens is 356 g/mol. The van der Waals surface area contributed by atoms with E-state index in [1.807, 2.05) is 61.5 Å². The Balaban J connectivity index is 1.36. The zero-order chi connectivity index (χ0) is 19.3. The lowest BCUT2D eigenvalue weighted by atomic mass is 10.1. The van der Waals surface area contributed by atoms with Crippen LogP contribution in [0.15, 0.2) is 67.3 Å². The van der Waals surface area contributed by atoms with Crippen LogP contribution in [0.3, 0.4) is 0 Å². The average Bonchev–Trinajstić information content (AvgIpc) is 3.41. The number of hydrogen-bond acceptors (Lipinski definition) is 6. The molecule has 0 aliphatic rings. The number of hydrogen-bond donors (Lipinski definition) is 1. The highest BCUT2D eigenvalue weighted by molar-refractivity contribution is 5.76. The number of aromatic nitrogens is 7. The van der Waals surface area contributed by atoms with Crippen molar-refractivity contribution in [2.45, 2.75) is 19.5 Å². The standard InChI is InChI=1S/C19H18N8O/c1-14(15-7-9-17(10-8-15)26-13-20-12-21-26)22-18(28)11-27-24-19(23-25-27)16-5-3-2-4-6-16/h2-10,12-14H,11H2,1H3,(H,22,28). The quantitative estimate of drug-likeness (QED) is 0.552. The predicted octanol–water partition coefficient (Wildman–Crippen LogP) is 1.80. The molecule has 1 amide bonds. The van der Waals surface area contributed by atoms with Gasteiger partial charge in [0, 0.05) is 5.56 Å². The number of tetrazole rings is 1. The summed E-state index contributed by atoms with van der Waals surface area (Å²) in [5.41, 5.74) is 2.74. The van der Waals surface area contributed by atoms with Gasteiger partial charge in [-0.15, -0.1) is 10.2 Å². The topological polar surface area (TPSA) is 103 Å². The predicted molar refractivity (Wildman–Crippen MR) is 101 cm³/mol. The van der Waals surface area contributed by atoms with Crippen LogP contribution < -0.4 is 5.32 Å². The summed E-state index contributed by atoms with van der Waals surface area (Å²) in [5.74, 6) is 0.301. The summed E-state index contributed by atoms with van der Waals surface area (Å²) in [7, 11) is 0. The molecule has 0 aliphatic carbocycles. The van der Waals surface area contributed by atoms with E-state index in [0.29, 0.717) is 5.82 Å². The van der Waals surface area contributed by atoms with Gasteiger partial charge < -0.3 is 5.32 Å². The van der Waals surface area contributed by atoms with E-state index >= 15 is 0 Å². The fourth-order valence-corrected chi connectivity index (χ4v) is 2.77. The first kappa shape index (κ1) is 17.5. The Morgan fingerprint density at radius 1 is 1.11 bits per heavy atom. The van der Waals surface area contributed by atoms with Crippen LogP contribution >= 0.6 is 0 Å². The van der Waals surface area contributed by atoms with E-state index in [4.69, 9.17) is 0 Å². The fourth-order valence-electron chi connectivity index (χ4n) is 2.77. The third-order valence-electron chi connectivity index (χ3n) is 4.22. The first-order chi connectivity index (χ1) is 13.7. The Morgan fingerprint density at radius 2 is 1.89 bits per heavy atom. The third-order valence-corrected chi connectivity index (χ3v) is 4.22. The maximum absolute atomic E-state index is 12.3. The van der Waals surface area contributed by atoms with Crippen LogP contribution in [0, 0.1) is 0 Å². The molecule has 0 saturated heterocycles. The highest BCUT2D eigenvalue weighted by atomic mass is 16.2. The monoisotopic (exact) mass is 374 g/mol. The molecule has 0 saturated carbocycles. The Hall–Kier alpha value is -3.88. The van der Waals surface area contributed by atoms with Crippen molar-refractivity contribution < 1.29 is 4.79 Å². The van der Waals surface area contributed by atoms with Crippen molar-refractivity contribution in [1.82, 2.24) is 40.3 Å². The molecular formula is C19H18N8O. The molecule has 140 valence electrons. The maximum atomic E-state index is 12.3. The van der Waals surface area contributed by atoms with Crippen LogP contribution in [0.25, 0.3) is 17.1 Å². The van der Waals surface area contributed by atoms with Gasteiger partial charge in [0.25, 0.3) is 0 Å². The Bertz CT molecular complexity index is 1040. The minimum atomic E-state index is -0.190. The summed E-state index contributed by atoms with van der Waals surface area (Å²) in [6.07, 6.45) is 3.12. The molecule has 1 N–H and O–H groups in total. The molecule has 0 fully saturated rings. The number of carbonyl (C=O) groups excluding carboxylic acids is 1. The molecule has 0 bridgehead atoms.